The van der Waals surface area contributed by atoms with Crippen molar-refractivity contribution in [1.82, 2.24) is 10.6 Å². The molecule has 0 fully saturated rings. The molecule has 0 saturated heterocycles. The van der Waals surface area contributed by atoms with E-state index in [0.29, 0.717) is 5.75 Å². The highest BCUT2D eigenvalue weighted by molar-refractivity contribution is 7.99. The molecule has 4 N–H and O–H groups in total. The number of aliphatic carboxylic acids is 2. The van der Waals surface area contributed by atoms with Crippen LogP contribution < -0.4 is 10.6 Å². The van der Waals surface area contributed by atoms with Crippen molar-refractivity contribution in [3.63, 3.8) is 0 Å². The standard InChI is InChI=1S/C28H46N2O7S/c1-19(2)10-8-11-20(3)12-9-13-21(4)16-17-38-18-23(26(34)35)29-25(33)22(14-15-24(31)32)30-27(36)37-28(5,6)7/h10,12,16,22-23H,8-9,11,13-15,17-18H2,1-7H3,(H,29,33)(H,30,36)(H,31,32)(H,34,35)/t22-,23-/m0/s1. The van der Waals surface area contributed by atoms with Crippen LogP contribution in [0.4, 0.5) is 4.79 Å². The lowest BCUT2D eigenvalue weighted by atomic mass is 10.1. The summed E-state index contributed by atoms with van der Waals surface area (Å²) in [4.78, 5) is 47.5. The number of alkyl carbamates (subject to hydrolysis) is 1. The highest BCUT2D eigenvalue weighted by Crippen LogP contribution is 2.13. The number of hydrogen-bond donors (Lipinski definition) is 4. The van der Waals surface area contributed by atoms with Crippen LogP contribution in [0.15, 0.2) is 34.9 Å². The lowest BCUT2D eigenvalue weighted by molar-refractivity contribution is -0.142. The van der Waals surface area contributed by atoms with Crippen LogP contribution in [0.25, 0.3) is 0 Å². The van der Waals surface area contributed by atoms with Gasteiger partial charge in [-0.2, -0.15) is 11.8 Å². The van der Waals surface area contributed by atoms with Gasteiger partial charge in [0.15, 0.2) is 0 Å². The predicted molar refractivity (Wildman–Crippen MR) is 152 cm³/mol. The van der Waals surface area contributed by atoms with Crippen molar-refractivity contribution in [2.45, 2.75) is 105 Å². The Morgan fingerprint density at radius 2 is 1.42 bits per heavy atom. The zero-order valence-corrected chi connectivity index (χ0v) is 24.7. The number of carbonyl (C=O) groups excluding carboxylic acids is 2. The summed E-state index contributed by atoms with van der Waals surface area (Å²) in [5.41, 5.74) is 3.09. The van der Waals surface area contributed by atoms with Crippen LogP contribution in [-0.4, -0.2) is 63.3 Å². The number of amides is 2. The second kappa shape index (κ2) is 18.5. The molecule has 0 aliphatic heterocycles. The van der Waals surface area contributed by atoms with E-state index in [1.165, 1.54) is 28.5 Å². The van der Waals surface area contributed by atoms with Crippen molar-refractivity contribution in [1.29, 1.82) is 0 Å². The fraction of sp³-hybridized carbons (Fsp3) is 0.643. The van der Waals surface area contributed by atoms with Crippen LogP contribution in [0.1, 0.15) is 87.0 Å². The van der Waals surface area contributed by atoms with Crippen molar-refractivity contribution in [3.8, 4) is 0 Å². The first-order chi connectivity index (χ1) is 17.6. The summed E-state index contributed by atoms with van der Waals surface area (Å²) in [6.45, 7) is 13.3. The fourth-order valence-electron chi connectivity index (χ4n) is 3.16. The molecule has 0 saturated carbocycles. The fourth-order valence-corrected chi connectivity index (χ4v) is 4.16. The molecule has 0 heterocycles. The number of carbonyl (C=O) groups is 4. The average molecular weight is 555 g/mol. The lowest BCUT2D eigenvalue weighted by Crippen LogP contribution is -2.53. The van der Waals surface area contributed by atoms with E-state index in [4.69, 9.17) is 9.84 Å². The molecule has 0 aliphatic carbocycles. The van der Waals surface area contributed by atoms with Gasteiger partial charge in [-0.1, -0.05) is 34.9 Å². The molecular weight excluding hydrogens is 508 g/mol. The maximum Gasteiger partial charge on any atom is 0.408 e. The van der Waals surface area contributed by atoms with Crippen molar-refractivity contribution >= 4 is 35.7 Å². The van der Waals surface area contributed by atoms with Crippen LogP contribution in [-0.2, 0) is 19.1 Å². The number of ether oxygens (including phenoxy) is 1. The molecule has 0 spiro atoms. The van der Waals surface area contributed by atoms with E-state index >= 15 is 0 Å². The first-order valence-electron chi connectivity index (χ1n) is 12.9. The molecule has 9 nitrogen and oxygen atoms in total. The Labute approximate surface area is 231 Å². The Kier molecular flexibility index (Phi) is 17.2. The van der Waals surface area contributed by atoms with Crippen molar-refractivity contribution in [2.75, 3.05) is 11.5 Å². The van der Waals surface area contributed by atoms with Crippen LogP contribution in [0.3, 0.4) is 0 Å². The van der Waals surface area contributed by atoms with Gasteiger partial charge < -0.3 is 25.6 Å². The van der Waals surface area contributed by atoms with Gasteiger partial charge in [-0.3, -0.25) is 9.59 Å². The molecule has 0 aromatic carbocycles. The van der Waals surface area contributed by atoms with E-state index < -0.39 is 41.6 Å². The molecule has 0 radical (unpaired) electrons. The third-order valence-electron chi connectivity index (χ3n) is 5.23. The van der Waals surface area contributed by atoms with Gasteiger partial charge in [0.25, 0.3) is 0 Å². The van der Waals surface area contributed by atoms with E-state index in [0.717, 1.165) is 25.7 Å². The summed E-state index contributed by atoms with van der Waals surface area (Å²) in [5, 5.41) is 23.3. The summed E-state index contributed by atoms with van der Waals surface area (Å²) in [6, 6.07) is -2.44. The molecular formula is C28H46N2O7S. The Hall–Kier alpha value is -2.75. The zero-order chi connectivity index (χ0) is 29.3. The molecule has 0 aromatic rings. The summed E-state index contributed by atoms with van der Waals surface area (Å²) in [7, 11) is 0. The number of hydrogen-bond acceptors (Lipinski definition) is 6. The molecule has 2 atom stereocenters. The van der Waals surface area contributed by atoms with Crippen molar-refractivity contribution in [2.24, 2.45) is 0 Å². The molecule has 0 aliphatic rings. The normalized spacial score (nSPS) is 13.8. The monoisotopic (exact) mass is 554 g/mol. The van der Waals surface area contributed by atoms with E-state index in [1.54, 1.807) is 20.8 Å². The molecule has 0 aromatic heterocycles. The molecule has 10 heteroatoms. The molecule has 216 valence electrons. The summed E-state index contributed by atoms with van der Waals surface area (Å²) >= 11 is 1.37. The van der Waals surface area contributed by atoms with E-state index in [-0.39, 0.29) is 18.6 Å². The summed E-state index contributed by atoms with van der Waals surface area (Å²) in [6.07, 6.45) is 9.04. The smallest absolute Gasteiger partial charge is 0.408 e. The Bertz CT molecular complexity index is 884. The van der Waals surface area contributed by atoms with Gasteiger partial charge in [0.05, 0.1) is 0 Å². The second-order valence-corrected chi connectivity index (χ2v) is 11.6. The van der Waals surface area contributed by atoms with E-state index in [9.17, 15) is 24.3 Å². The van der Waals surface area contributed by atoms with Gasteiger partial charge in [-0.05, 0) is 80.6 Å². The molecule has 0 rings (SSSR count). The van der Waals surface area contributed by atoms with Crippen LogP contribution in [0.2, 0.25) is 0 Å². The maximum atomic E-state index is 12.7. The first kappa shape index (κ1) is 35.2. The minimum absolute atomic E-state index is 0.117. The van der Waals surface area contributed by atoms with Crippen LogP contribution in [0.5, 0.6) is 0 Å². The van der Waals surface area contributed by atoms with Crippen LogP contribution in [0, 0.1) is 0 Å². The molecule has 2 amide bonds. The first-order valence-corrected chi connectivity index (χ1v) is 14.0. The Morgan fingerprint density at radius 1 is 0.842 bits per heavy atom. The van der Waals surface area contributed by atoms with E-state index in [1.807, 2.05) is 6.92 Å². The van der Waals surface area contributed by atoms with Crippen molar-refractivity contribution in [3.05, 3.63) is 34.9 Å². The largest absolute Gasteiger partial charge is 0.481 e. The number of allylic oxidation sites excluding steroid dienone is 5. The van der Waals surface area contributed by atoms with Crippen LogP contribution >= 0.6 is 11.8 Å². The van der Waals surface area contributed by atoms with Gasteiger partial charge in [-0.25, -0.2) is 9.59 Å². The van der Waals surface area contributed by atoms with Gasteiger partial charge in [0.2, 0.25) is 5.91 Å². The topological polar surface area (TPSA) is 142 Å². The van der Waals surface area contributed by atoms with E-state index in [2.05, 4.69) is 49.6 Å². The third kappa shape index (κ3) is 19.4. The summed E-state index contributed by atoms with van der Waals surface area (Å²) in [5.74, 6) is -2.42. The Morgan fingerprint density at radius 3 is 1.95 bits per heavy atom. The lowest BCUT2D eigenvalue weighted by Gasteiger charge is -2.24. The third-order valence-corrected chi connectivity index (χ3v) is 6.20. The van der Waals surface area contributed by atoms with Gasteiger partial charge in [0.1, 0.15) is 17.7 Å². The highest BCUT2D eigenvalue weighted by Gasteiger charge is 2.28. The zero-order valence-electron chi connectivity index (χ0n) is 23.9. The van der Waals surface area contributed by atoms with Gasteiger partial charge >= 0.3 is 18.0 Å². The number of carboxylic acid groups (broad SMARTS) is 2. The number of nitrogens with one attached hydrogen (secondary N) is 2. The predicted octanol–water partition coefficient (Wildman–Crippen LogP) is 5.47. The highest BCUT2D eigenvalue weighted by atomic mass is 32.2. The number of thioether (sulfide) groups is 1. The van der Waals surface area contributed by atoms with Gasteiger partial charge in [0, 0.05) is 17.9 Å². The average Bonchev–Trinajstić information content (AvgIpc) is 2.76. The summed E-state index contributed by atoms with van der Waals surface area (Å²) < 4.78 is 5.14. The minimum Gasteiger partial charge on any atom is -0.481 e. The van der Waals surface area contributed by atoms with Gasteiger partial charge in [-0.15, -0.1) is 0 Å². The SMILES string of the molecule is CC(C)=CCCC(C)=CCCC(C)=CCSC[C@H](NC(=O)[C@H](CCC(=O)O)NC(=O)OC(C)(C)C)C(=O)O. The Balaban J connectivity index is 4.83. The minimum atomic E-state index is -1.24. The molecule has 38 heavy (non-hydrogen) atoms. The number of carboxylic acids is 2. The maximum absolute atomic E-state index is 12.7. The second-order valence-electron chi connectivity index (χ2n) is 10.5. The van der Waals surface area contributed by atoms with Crippen molar-refractivity contribution < 1.29 is 34.1 Å². The molecule has 0 unspecified atom stereocenters. The molecule has 0 bridgehead atoms. The quantitative estimate of drug-likeness (QED) is 0.137. The number of rotatable bonds is 17.